The van der Waals surface area contributed by atoms with Crippen molar-refractivity contribution in [3.8, 4) is 0 Å². The molecule has 0 amide bonds. The molecule has 0 unspecified atom stereocenters. The lowest BCUT2D eigenvalue weighted by Crippen LogP contribution is -2.43. The Bertz CT molecular complexity index is 337. The van der Waals surface area contributed by atoms with Crippen molar-refractivity contribution in [2.75, 3.05) is 19.8 Å². The van der Waals surface area contributed by atoms with E-state index in [1.807, 2.05) is 12.1 Å². The van der Waals surface area contributed by atoms with E-state index in [0.29, 0.717) is 12.0 Å². The molecule has 0 spiro atoms. The molecule has 2 atom stereocenters. The summed E-state index contributed by atoms with van der Waals surface area (Å²) in [5.74, 6) is 0.325. The Kier molecular flexibility index (Phi) is 4.51. The number of benzene rings is 1. The maximum absolute atomic E-state index is 12.8. The van der Waals surface area contributed by atoms with E-state index < -0.39 is 0 Å². The third-order valence-corrected chi connectivity index (χ3v) is 3.35. The molecule has 1 N–H and O–H groups in total. The summed E-state index contributed by atoms with van der Waals surface area (Å²) in [7, 11) is 0. The predicted molar refractivity (Wildman–Crippen MR) is 66.5 cm³/mol. The van der Waals surface area contributed by atoms with E-state index in [4.69, 9.17) is 4.74 Å². The SMILES string of the molecule is CCN[C@@H]1CCOC[C@H]1Cc1ccc(F)cc1. The molecule has 0 aromatic heterocycles. The van der Waals surface area contributed by atoms with Gasteiger partial charge in [-0.25, -0.2) is 4.39 Å². The zero-order valence-corrected chi connectivity index (χ0v) is 10.3. The summed E-state index contributed by atoms with van der Waals surface area (Å²) in [4.78, 5) is 0. The minimum Gasteiger partial charge on any atom is -0.381 e. The van der Waals surface area contributed by atoms with Crippen LogP contribution < -0.4 is 5.32 Å². The van der Waals surface area contributed by atoms with Crippen molar-refractivity contribution in [3.05, 3.63) is 35.6 Å². The van der Waals surface area contributed by atoms with Crippen LogP contribution in [-0.2, 0) is 11.2 Å². The van der Waals surface area contributed by atoms with Gasteiger partial charge in [0.05, 0.1) is 6.61 Å². The first-order valence-corrected chi connectivity index (χ1v) is 6.35. The lowest BCUT2D eigenvalue weighted by atomic mass is 9.89. The molecule has 1 aliphatic heterocycles. The van der Waals surface area contributed by atoms with Crippen molar-refractivity contribution in [1.82, 2.24) is 5.32 Å². The normalized spacial score (nSPS) is 24.8. The molecule has 1 fully saturated rings. The minimum atomic E-state index is -0.170. The number of hydrogen-bond donors (Lipinski definition) is 1. The van der Waals surface area contributed by atoms with Gasteiger partial charge < -0.3 is 10.1 Å². The van der Waals surface area contributed by atoms with E-state index in [2.05, 4.69) is 12.2 Å². The average Bonchev–Trinajstić information content (AvgIpc) is 2.35. The lowest BCUT2D eigenvalue weighted by Gasteiger charge is -2.32. The minimum absolute atomic E-state index is 0.170. The van der Waals surface area contributed by atoms with Crippen molar-refractivity contribution in [1.29, 1.82) is 0 Å². The van der Waals surface area contributed by atoms with Crippen molar-refractivity contribution in [2.24, 2.45) is 5.92 Å². The Balaban J connectivity index is 1.97. The van der Waals surface area contributed by atoms with E-state index in [0.717, 1.165) is 32.6 Å². The summed E-state index contributed by atoms with van der Waals surface area (Å²) in [6, 6.07) is 7.32. The molecular formula is C14H20FNO. The molecule has 2 rings (SSSR count). The van der Waals surface area contributed by atoms with Crippen molar-refractivity contribution < 1.29 is 9.13 Å². The molecular weight excluding hydrogens is 217 g/mol. The first-order chi connectivity index (χ1) is 8.29. The van der Waals surface area contributed by atoms with Gasteiger partial charge in [-0.1, -0.05) is 19.1 Å². The van der Waals surface area contributed by atoms with E-state index in [-0.39, 0.29) is 5.82 Å². The molecule has 1 aliphatic rings. The molecule has 1 aromatic rings. The first-order valence-electron chi connectivity index (χ1n) is 6.35. The van der Waals surface area contributed by atoms with Crippen LogP contribution in [0.15, 0.2) is 24.3 Å². The van der Waals surface area contributed by atoms with Crippen molar-refractivity contribution in [2.45, 2.75) is 25.8 Å². The van der Waals surface area contributed by atoms with Crippen molar-refractivity contribution in [3.63, 3.8) is 0 Å². The highest BCUT2D eigenvalue weighted by molar-refractivity contribution is 5.17. The zero-order chi connectivity index (χ0) is 12.1. The van der Waals surface area contributed by atoms with Gasteiger partial charge in [0.1, 0.15) is 5.82 Å². The second-order valence-corrected chi connectivity index (χ2v) is 4.62. The van der Waals surface area contributed by atoms with Crippen LogP contribution in [0.5, 0.6) is 0 Å². The highest BCUT2D eigenvalue weighted by atomic mass is 19.1. The van der Waals surface area contributed by atoms with Gasteiger partial charge in [0.2, 0.25) is 0 Å². The molecule has 1 saturated heterocycles. The quantitative estimate of drug-likeness (QED) is 0.868. The van der Waals surface area contributed by atoms with Crippen LogP contribution >= 0.6 is 0 Å². The van der Waals surface area contributed by atoms with E-state index in [1.54, 1.807) is 0 Å². The highest BCUT2D eigenvalue weighted by Gasteiger charge is 2.24. The lowest BCUT2D eigenvalue weighted by molar-refractivity contribution is 0.0327. The summed E-state index contributed by atoms with van der Waals surface area (Å²) in [6.45, 7) is 4.77. The molecule has 0 aliphatic carbocycles. The van der Waals surface area contributed by atoms with Gasteiger partial charge in [0.25, 0.3) is 0 Å². The summed E-state index contributed by atoms with van der Waals surface area (Å²) in [6.07, 6.45) is 2.03. The Hall–Kier alpha value is -0.930. The largest absolute Gasteiger partial charge is 0.381 e. The van der Waals surface area contributed by atoms with Crippen LogP contribution in [0.1, 0.15) is 18.9 Å². The Morgan fingerprint density at radius 1 is 1.35 bits per heavy atom. The highest BCUT2D eigenvalue weighted by Crippen LogP contribution is 2.20. The molecule has 1 aromatic carbocycles. The molecule has 0 bridgehead atoms. The number of rotatable bonds is 4. The summed E-state index contributed by atoms with van der Waals surface area (Å²) in [5, 5.41) is 3.51. The van der Waals surface area contributed by atoms with Gasteiger partial charge >= 0.3 is 0 Å². The smallest absolute Gasteiger partial charge is 0.123 e. The van der Waals surface area contributed by atoms with Crippen LogP contribution in [0.25, 0.3) is 0 Å². The maximum atomic E-state index is 12.8. The Labute approximate surface area is 102 Å². The third-order valence-electron chi connectivity index (χ3n) is 3.35. The standard InChI is InChI=1S/C14H20FNO/c1-2-16-14-7-8-17-10-12(14)9-11-3-5-13(15)6-4-11/h3-6,12,14,16H,2,7-10H2,1H3/t12-,14-/m1/s1. The molecule has 17 heavy (non-hydrogen) atoms. The fraction of sp³-hybridized carbons (Fsp3) is 0.571. The topological polar surface area (TPSA) is 21.3 Å². The van der Waals surface area contributed by atoms with Crippen molar-refractivity contribution >= 4 is 0 Å². The molecule has 0 radical (unpaired) electrons. The van der Waals surface area contributed by atoms with Crippen LogP contribution in [0, 0.1) is 11.7 Å². The summed E-state index contributed by atoms with van der Waals surface area (Å²) < 4.78 is 18.4. The zero-order valence-electron chi connectivity index (χ0n) is 10.3. The van der Waals surface area contributed by atoms with Gasteiger partial charge in [-0.05, 0) is 37.1 Å². The van der Waals surface area contributed by atoms with Crippen LogP contribution in [0.3, 0.4) is 0 Å². The van der Waals surface area contributed by atoms with Crippen LogP contribution in [0.4, 0.5) is 4.39 Å². The summed E-state index contributed by atoms with van der Waals surface area (Å²) in [5.41, 5.74) is 1.19. The van der Waals surface area contributed by atoms with Gasteiger partial charge in [0, 0.05) is 18.6 Å². The third kappa shape index (κ3) is 3.51. The van der Waals surface area contributed by atoms with Crippen LogP contribution in [-0.4, -0.2) is 25.8 Å². The predicted octanol–water partition coefficient (Wildman–Crippen LogP) is 2.38. The second kappa shape index (κ2) is 6.12. The Morgan fingerprint density at radius 2 is 2.12 bits per heavy atom. The molecule has 94 valence electrons. The number of ether oxygens (including phenoxy) is 1. The molecule has 1 heterocycles. The maximum Gasteiger partial charge on any atom is 0.123 e. The molecule has 0 saturated carbocycles. The fourth-order valence-corrected chi connectivity index (χ4v) is 2.45. The van der Waals surface area contributed by atoms with E-state index in [9.17, 15) is 4.39 Å². The number of nitrogens with one attached hydrogen (secondary N) is 1. The van der Waals surface area contributed by atoms with E-state index >= 15 is 0 Å². The Morgan fingerprint density at radius 3 is 2.82 bits per heavy atom. The first kappa shape index (κ1) is 12.5. The van der Waals surface area contributed by atoms with Crippen LogP contribution in [0.2, 0.25) is 0 Å². The number of hydrogen-bond acceptors (Lipinski definition) is 2. The molecule has 2 nitrogen and oxygen atoms in total. The van der Waals surface area contributed by atoms with Gasteiger partial charge in [-0.2, -0.15) is 0 Å². The second-order valence-electron chi connectivity index (χ2n) is 4.62. The average molecular weight is 237 g/mol. The van der Waals surface area contributed by atoms with Gasteiger partial charge in [-0.3, -0.25) is 0 Å². The monoisotopic (exact) mass is 237 g/mol. The fourth-order valence-electron chi connectivity index (χ4n) is 2.45. The number of halogens is 1. The summed E-state index contributed by atoms with van der Waals surface area (Å²) >= 11 is 0. The van der Waals surface area contributed by atoms with Gasteiger partial charge in [-0.15, -0.1) is 0 Å². The molecule has 3 heteroatoms. The van der Waals surface area contributed by atoms with Gasteiger partial charge in [0.15, 0.2) is 0 Å². The van der Waals surface area contributed by atoms with E-state index in [1.165, 1.54) is 17.7 Å².